The Kier molecular flexibility index (Phi) is 6.53. The van der Waals surface area contributed by atoms with E-state index in [-0.39, 0.29) is 0 Å². The Balaban J connectivity index is 1.56. The first kappa shape index (κ1) is 21.5. The molecule has 4 heteroatoms. The summed E-state index contributed by atoms with van der Waals surface area (Å²) in [6.45, 7) is 2.40. The lowest BCUT2D eigenvalue weighted by Gasteiger charge is -2.23. The van der Waals surface area contributed by atoms with E-state index in [0.717, 1.165) is 0 Å². The number of nitrogens with zero attached hydrogens (tertiary/aromatic N) is 2. The maximum absolute atomic E-state index is 2.74. The van der Waals surface area contributed by atoms with Crippen LogP contribution in [0, 0.1) is 0 Å². The number of rotatable bonds is 1. The standard InChI is InChI=1S/C28H38N2S2/c1-3-7-13-23-21(11-5-1)19-25(29-15-9-17-31-27(23)29)26-20-22-12-6-2-4-8-14-24(22)28-30(26)16-10-18-32-28/h19-20H,1-18H2/q+2. The first-order chi connectivity index (χ1) is 15.9. The van der Waals surface area contributed by atoms with Gasteiger partial charge in [0.05, 0.1) is 0 Å². The number of hydrogen-bond acceptors (Lipinski definition) is 2. The van der Waals surface area contributed by atoms with Crippen LogP contribution in [0.4, 0.5) is 0 Å². The monoisotopic (exact) mass is 466 g/mol. The van der Waals surface area contributed by atoms with E-state index in [2.05, 4.69) is 44.8 Å². The molecule has 32 heavy (non-hydrogen) atoms. The van der Waals surface area contributed by atoms with Crippen molar-refractivity contribution in [2.75, 3.05) is 11.5 Å². The van der Waals surface area contributed by atoms with Gasteiger partial charge in [-0.25, -0.2) is 0 Å². The van der Waals surface area contributed by atoms with E-state index in [0.29, 0.717) is 0 Å². The highest BCUT2D eigenvalue weighted by Crippen LogP contribution is 2.36. The third-order valence-electron chi connectivity index (χ3n) is 8.02. The zero-order valence-corrected chi connectivity index (χ0v) is 21.2. The molecule has 0 aromatic carbocycles. The Hall–Kier alpha value is -1.000. The number of pyridine rings is 2. The molecule has 0 N–H and O–H groups in total. The van der Waals surface area contributed by atoms with Crippen molar-refractivity contribution in [1.82, 2.24) is 0 Å². The van der Waals surface area contributed by atoms with E-state index < -0.39 is 0 Å². The van der Waals surface area contributed by atoms with Gasteiger partial charge in [-0.1, -0.05) is 49.2 Å². The topological polar surface area (TPSA) is 7.76 Å². The highest BCUT2D eigenvalue weighted by molar-refractivity contribution is 7.99. The Morgan fingerprint density at radius 3 is 1.41 bits per heavy atom. The third-order valence-corrected chi connectivity index (χ3v) is 10.5. The molecule has 0 amide bonds. The van der Waals surface area contributed by atoms with Crippen LogP contribution in [-0.4, -0.2) is 11.5 Å². The number of hydrogen-bond donors (Lipinski definition) is 0. The van der Waals surface area contributed by atoms with Crippen LogP contribution in [0.15, 0.2) is 22.2 Å². The summed E-state index contributed by atoms with van der Waals surface area (Å²) in [4.78, 5) is 0. The van der Waals surface area contributed by atoms with Crippen LogP contribution < -0.4 is 9.13 Å². The quantitative estimate of drug-likeness (QED) is 0.460. The SMILES string of the molecule is c1c2c(c3[n+](c1-c1cc4c(c5[n+]1CCCS5)CCCCCC4)CCCS3)CCCCCC2. The molecule has 4 aliphatic rings. The van der Waals surface area contributed by atoms with E-state index in [1.807, 2.05) is 0 Å². The molecule has 0 atom stereocenters. The summed E-state index contributed by atoms with van der Waals surface area (Å²) in [5.74, 6) is 2.59. The van der Waals surface area contributed by atoms with Gasteiger partial charge in [0.2, 0.25) is 10.1 Å². The van der Waals surface area contributed by atoms with Gasteiger partial charge >= 0.3 is 0 Å². The summed E-state index contributed by atoms with van der Waals surface area (Å²) in [5, 5.41) is 3.24. The van der Waals surface area contributed by atoms with Crippen molar-refractivity contribution in [2.45, 2.75) is 113 Å². The minimum absolute atomic E-state index is 1.20. The van der Waals surface area contributed by atoms with Gasteiger partial charge in [-0.3, -0.25) is 0 Å². The first-order valence-corrected chi connectivity index (χ1v) is 15.3. The van der Waals surface area contributed by atoms with Gasteiger partial charge in [0, 0.05) is 47.6 Å². The van der Waals surface area contributed by atoms with Gasteiger partial charge in [0.15, 0.2) is 13.1 Å². The number of aryl methyl sites for hydroxylation is 2. The molecule has 0 saturated carbocycles. The number of thioether (sulfide) groups is 2. The predicted octanol–water partition coefficient (Wildman–Crippen LogP) is 6.24. The van der Waals surface area contributed by atoms with Crippen molar-refractivity contribution in [1.29, 1.82) is 0 Å². The van der Waals surface area contributed by atoms with Crippen molar-refractivity contribution < 1.29 is 9.13 Å². The van der Waals surface area contributed by atoms with Crippen LogP contribution in [0.2, 0.25) is 0 Å². The molecule has 2 aliphatic carbocycles. The molecule has 0 radical (unpaired) electrons. The molecule has 2 aromatic rings. The minimum atomic E-state index is 1.20. The van der Waals surface area contributed by atoms with E-state index in [1.165, 1.54) is 126 Å². The van der Waals surface area contributed by atoms with E-state index in [9.17, 15) is 0 Å². The number of aromatic nitrogens is 2. The zero-order chi connectivity index (χ0) is 21.3. The van der Waals surface area contributed by atoms with Gasteiger partial charge < -0.3 is 0 Å². The summed E-state index contributed by atoms with van der Waals surface area (Å²) in [7, 11) is 0. The van der Waals surface area contributed by atoms with Crippen molar-refractivity contribution >= 4 is 23.5 Å². The number of fused-ring (bicyclic) bond motifs is 6. The van der Waals surface area contributed by atoms with Crippen molar-refractivity contribution in [3.8, 4) is 11.4 Å². The molecule has 2 aromatic heterocycles. The molecule has 0 unspecified atom stereocenters. The maximum atomic E-state index is 2.74. The highest BCUT2D eigenvalue weighted by Gasteiger charge is 2.36. The van der Waals surface area contributed by atoms with Gasteiger partial charge in [-0.15, -0.1) is 0 Å². The Morgan fingerprint density at radius 2 is 0.938 bits per heavy atom. The first-order valence-electron chi connectivity index (χ1n) is 13.3. The van der Waals surface area contributed by atoms with Crippen LogP contribution in [0.5, 0.6) is 0 Å². The average molecular weight is 467 g/mol. The lowest BCUT2D eigenvalue weighted by molar-refractivity contribution is -0.752. The van der Waals surface area contributed by atoms with Gasteiger partial charge in [-0.05, 0) is 62.5 Å². The smallest absolute Gasteiger partial charge is 0.181 e. The molecule has 2 aliphatic heterocycles. The molecular formula is C28H38N2S2+2. The highest BCUT2D eigenvalue weighted by atomic mass is 32.2. The summed E-state index contributed by atoms with van der Waals surface area (Å²) in [5.41, 5.74) is 9.81. The van der Waals surface area contributed by atoms with E-state index in [4.69, 9.17) is 0 Å². The Bertz CT molecular complexity index is 932. The lowest BCUT2D eigenvalue weighted by atomic mass is 9.91. The maximum Gasteiger partial charge on any atom is 0.278 e. The van der Waals surface area contributed by atoms with Gasteiger partial charge in [-0.2, -0.15) is 9.13 Å². The molecule has 0 saturated heterocycles. The lowest BCUT2D eigenvalue weighted by Crippen LogP contribution is -2.49. The summed E-state index contributed by atoms with van der Waals surface area (Å²) in [6.07, 6.45) is 18.9. The fraction of sp³-hybridized carbons (Fsp3) is 0.643. The largest absolute Gasteiger partial charge is 0.278 e. The Labute approximate surface area is 202 Å². The molecule has 0 bridgehead atoms. The zero-order valence-electron chi connectivity index (χ0n) is 19.6. The van der Waals surface area contributed by atoms with Crippen molar-refractivity contribution in [2.24, 2.45) is 0 Å². The second-order valence-electron chi connectivity index (χ2n) is 10.2. The fourth-order valence-corrected chi connectivity index (χ4v) is 8.82. The van der Waals surface area contributed by atoms with Crippen molar-refractivity contribution in [3.63, 3.8) is 0 Å². The average Bonchev–Trinajstić information content (AvgIpc) is 2.79. The van der Waals surface area contributed by atoms with Gasteiger partial charge in [0.25, 0.3) is 11.4 Å². The second kappa shape index (κ2) is 9.70. The second-order valence-corrected chi connectivity index (χ2v) is 12.4. The summed E-state index contributed by atoms with van der Waals surface area (Å²) < 4.78 is 5.48. The van der Waals surface area contributed by atoms with Crippen LogP contribution in [0.3, 0.4) is 0 Å². The van der Waals surface area contributed by atoms with E-state index in [1.54, 1.807) is 32.3 Å². The molecular weight excluding hydrogens is 428 g/mol. The molecule has 0 fully saturated rings. The Morgan fingerprint density at radius 1 is 0.500 bits per heavy atom. The third kappa shape index (κ3) is 4.04. The molecule has 170 valence electrons. The molecule has 4 heterocycles. The predicted molar refractivity (Wildman–Crippen MR) is 135 cm³/mol. The van der Waals surface area contributed by atoms with Crippen LogP contribution >= 0.6 is 23.5 Å². The molecule has 6 rings (SSSR count). The van der Waals surface area contributed by atoms with Crippen LogP contribution in [-0.2, 0) is 38.8 Å². The van der Waals surface area contributed by atoms with Crippen LogP contribution in [0.25, 0.3) is 11.4 Å². The normalized spacial score (nSPS) is 21.1. The molecule has 2 nitrogen and oxygen atoms in total. The fourth-order valence-electron chi connectivity index (χ4n) is 6.38. The van der Waals surface area contributed by atoms with Crippen LogP contribution in [0.1, 0.15) is 86.5 Å². The summed E-state index contributed by atoms with van der Waals surface area (Å²) >= 11 is 4.30. The minimum Gasteiger partial charge on any atom is -0.181 e. The van der Waals surface area contributed by atoms with Crippen molar-refractivity contribution in [3.05, 3.63) is 34.4 Å². The van der Waals surface area contributed by atoms with E-state index >= 15 is 0 Å². The summed E-state index contributed by atoms with van der Waals surface area (Å²) in [6, 6.07) is 5.29. The molecule has 0 spiro atoms. The van der Waals surface area contributed by atoms with Gasteiger partial charge in [0.1, 0.15) is 0 Å².